The molecule has 5 heteroatoms. The maximum Gasteiger partial charge on any atom is 0.237 e. The lowest BCUT2D eigenvalue weighted by molar-refractivity contribution is -0.124. The highest BCUT2D eigenvalue weighted by molar-refractivity contribution is 5.82. The summed E-state index contributed by atoms with van der Waals surface area (Å²) in [7, 11) is 0. The first-order valence-corrected chi connectivity index (χ1v) is 10.0. The number of hydrogen-bond acceptors (Lipinski definition) is 3. The molecular formula is C19H32FN3O. The Labute approximate surface area is 144 Å². The second kappa shape index (κ2) is 6.91. The standard InChI is InChI=1S/C19H32FN3O/c1-11-5-6-15(20)14-9-17(22-18(11)14)19(24)23-16-4-2-3-12-10-21-8-7-13(12)16/h11-18,21-22H,2-10H2,1H3,(H,23,24). The summed E-state index contributed by atoms with van der Waals surface area (Å²) in [5.74, 6) is 1.96. The molecule has 0 spiro atoms. The molecule has 4 rings (SSSR count). The SMILES string of the molecule is CC1CCC(F)C2CC(C(=O)NC3CCCC4CNCCC43)NC12. The van der Waals surface area contributed by atoms with Crippen molar-refractivity contribution in [1.29, 1.82) is 0 Å². The van der Waals surface area contributed by atoms with Gasteiger partial charge in [-0.05, 0) is 69.4 Å². The maximum absolute atomic E-state index is 14.3. The molecule has 0 radical (unpaired) electrons. The zero-order chi connectivity index (χ0) is 16.7. The fourth-order valence-electron chi connectivity index (χ4n) is 5.87. The van der Waals surface area contributed by atoms with Gasteiger partial charge in [-0.2, -0.15) is 0 Å². The van der Waals surface area contributed by atoms with Crippen molar-refractivity contribution >= 4 is 5.91 Å². The van der Waals surface area contributed by atoms with E-state index in [2.05, 4.69) is 22.9 Å². The van der Waals surface area contributed by atoms with E-state index in [-0.39, 0.29) is 23.9 Å². The van der Waals surface area contributed by atoms with Crippen LogP contribution in [-0.2, 0) is 4.79 Å². The average Bonchev–Trinajstić information content (AvgIpc) is 3.05. The second-order valence-electron chi connectivity index (χ2n) is 8.68. The highest BCUT2D eigenvalue weighted by Crippen LogP contribution is 2.39. The van der Waals surface area contributed by atoms with E-state index in [4.69, 9.17) is 0 Å². The summed E-state index contributed by atoms with van der Waals surface area (Å²) in [5, 5.41) is 10.3. The van der Waals surface area contributed by atoms with E-state index in [1.807, 2.05) is 0 Å². The van der Waals surface area contributed by atoms with E-state index < -0.39 is 6.17 Å². The van der Waals surface area contributed by atoms with Gasteiger partial charge in [0.15, 0.2) is 0 Å². The van der Waals surface area contributed by atoms with Gasteiger partial charge in [-0.15, -0.1) is 0 Å². The van der Waals surface area contributed by atoms with Crippen LogP contribution in [0.15, 0.2) is 0 Å². The van der Waals surface area contributed by atoms with Crippen LogP contribution in [0, 0.1) is 23.7 Å². The van der Waals surface area contributed by atoms with Gasteiger partial charge in [-0.1, -0.05) is 13.3 Å². The van der Waals surface area contributed by atoms with Gasteiger partial charge in [0.2, 0.25) is 5.91 Å². The van der Waals surface area contributed by atoms with Crippen molar-refractivity contribution in [3.8, 4) is 0 Å². The Balaban J connectivity index is 1.38. The molecule has 1 amide bonds. The number of halogens is 1. The molecule has 2 aliphatic heterocycles. The van der Waals surface area contributed by atoms with E-state index in [9.17, 15) is 9.18 Å². The summed E-state index contributed by atoms with van der Waals surface area (Å²) in [6.45, 7) is 4.36. The molecule has 4 aliphatic rings. The summed E-state index contributed by atoms with van der Waals surface area (Å²) < 4.78 is 14.3. The Hall–Kier alpha value is -0.680. The lowest BCUT2D eigenvalue weighted by Crippen LogP contribution is -2.54. The monoisotopic (exact) mass is 337 g/mol. The topological polar surface area (TPSA) is 53.2 Å². The first-order chi connectivity index (χ1) is 11.6. The Morgan fingerprint density at radius 2 is 2.00 bits per heavy atom. The zero-order valence-corrected chi connectivity index (χ0v) is 14.8. The van der Waals surface area contributed by atoms with Crippen molar-refractivity contribution in [2.24, 2.45) is 23.7 Å². The fraction of sp³-hybridized carbons (Fsp3) is 0.947. The molecule has 8 unspecified atom stereocenters. The third kappa shape index (κ3) is 3.10. The molecule has 2 aliphatic carbocycles. The molecule has 2 saturated heterocycles. The summed E-state index contributed by atoms with van der Waals surface area (Å²) in [4.78, 5) is 12.8. The summed E-state index contributed by atoms with van der Waals surface area (Å²) in [6.07, 6.45) is 6.31. The van der Waals surface area contributed by atoms with Crippen LogP contribution in [0.25, 0.3) is 0 Å². The number of rotatable bonds is 2. The molecule has 4 nitrogen and oxygen atoms in total. The van der Waals surface area contributed by atoms with Crippen LogP contribution in [-0.4, -0.2) is 43.3 Å². The molecule has 2 heterocycles. The van der Waals surface area contributed by atoms with Crippen molar-refractivity contribution in [3.05, 3.63) is 0 Å². The lowest BCUT2D eigenvalue weighted by atomic mass is 9.72. The minimum Gasteiger partial charge on any atom is -0.352 e. The van der Waals surface area contributed by atoms with Gasteiger partial charge in [-0.25, -0.2) is 4.39 Å². The van der Waals surface area contributed by atoms with Crippen molar-refractivity contribution in [3.63, 3.8) is 0 Å². The number of amides is 1. The number of carbonyl (C=O) groups is 1. The van der Waals surface area contributed by atoms with Crippen molar-refractivity contribution in [2.45, 2.75) is 76.2 Å². The quantitative estimate of drug-likeness (QED) is 0.722. The second-order valence-corrected chi connectivity index (χ2v) is 8.68. The normalized spacial score (nSPS) is 48.4. The van der Waals surface area contributed by atoms with Crippen LogP contribution in [0.4, 0.5) is 4.39 Å². The highest BCUT2D eigenvalue weighted by atomic mass is 19.1. The van der Waals surface area contributed by atoms with Gasteiger partial charge in [0.1, 0.15) is 6.17 Å². The first kappa shape index (κ1) is 16.8. The van der Waals surface area contributed by atoms with E-state index in [0.717, 1.165) is 25.9 Å². The molecule has 8 atom stereocenters. The van der Waals surface area contributed by atoms with Crippen LogP contribution in [0.5, 0.6) is 0 Å². The molecule has 0 aromatic carbocycles. The fourth-order valence-corrected chi connectivity index (χ4v) is 5.87. The maximum atomic E-state index is 14.3. The Morgan fingerprint density at radius 3 is 2.83 bits per heavy atom. The molecule has 0 aromatic rings. The molecule has 136 valence electrons. The zero-order valence-electron chi connectivity index (χ0n) is 14.8. The number of carbonyl (C=O) groups excluding carboxylic acids is 1. The van der Waals surface area contributed by atoms with Gasteiger partial charge < -0.3 is 16.0 Å². The number of nitrogens with one attached hydrogen (secondary N) is 3. The first-order valence-electron chi connectivity index (χ1n) is 10.0. The summed E-state index contributed by atoms with van der Waals surface area (Å²) >= 11 is 0. The van der Waals surface area contributed by atoms with Gasteiger partial charge >= 0.3 is 0 Å². The van der Waals surface area contributed by atoms with E-state index in [0.29, 0.717) is 36.6 Å². The van der Waals surface area contributed by atoms with Gasteiger partial charge in [-0.3, -0.25) is 4.79 Å². The third-order valence-corrected chi connectivity index (χ3v) is 7.26. The van der Waals surface area contributed by atoms with Crippen molar-refractivity contribution in [1.82, 2.24) is 16.0 Å². The van der Waals surface area contributed by atoms with E-state index >= 15 is 0 Å². The largest absolute Gasteiger partial charge is 0.352 e. The van der Waals surface area contributed by atoms with Crippen molar-refractivity contribution < 1.29 is 9.18 Å². The minimum atomic E-state index is -0.736. The van der Waals surface area contributed by atoms with Crippen LogP contribution in [0.1, 0.15) is 51.9 Å². The Bertz CT molecular complexity index is 454. The van der Waals surface area contributed by atoms with Crippen LogP contribution < -0.4 is 16.0 Å². The molecule has 2 saturated carbocycles. The average molecular weight is 337 g/mol. The van der Waals surface area contributed by atoms with Crippen LogP contribution >= 0.6 is 0 Å². The number of alkyl halides is 1. The van der Waals surface area contributed by atoms with Crippen LogP contribution in [0.2, 0.25) is 0 Å². The highest BCUT2D eigenvalue weighted by Gasteiger charge is 2.47. The number of piperidine rings is 1. The Morgan fingerprint density at radius 1 is 1.12 bits per heavy atom. The molecule has 0 aromatic heterocycles. The molecule has 4 fully saturated rings. The molecule has 3 N–H and O–H groups in total. The van der Waals surface area contributed by atoms with Gasteiger partial charge in [0.05, 0.1) is 6.04 Å². The predicted octanol–water partition coefficient (Wildman–Crippen LogP) is 2.00. The van der Waals surface area contributed by atoms with Gasteiger partial charge in [0, 0.05) is 18.0 Å². The van der Waals surface area contributed by atoms with Gasteiger partial charge in [0.25, 0.3) is 0 Å². The summed E-state index contributed by atoms with van der Waals surface area (Å²) in [6, 6.07) is 0.310. The smallest absolute Gasteiger partial charge is 0.237 e. The predicted molar refractivity (Wildman–Crippen MR) is 92.4 cm³/mol. The minimum absolute atomic E-state index is 0.0301. The number of fused-ring (bicyclic) bond motifs is 2. The molecule has 0 bridgehead atoms. The molecule has 24 heavy (non-hydrogen) atoms. The van der Waals surface area contributed by atoms with Crippen molar-refractivity contribution in [2.75, 3.05) is 13.1 Å². The van der Waals surface area contributed by atoms with E-state index in [1.165, 1.54) is 19.3 Å². The third-order valence-electron chi connectivity index (χ3n) is 7.26. The van der Waals surface area contributed by atoms with Crippen LogP contribution in [0.3, 0.4) is 0 Å². The molecular weight excluding hydrogens is 305 g/mol. The lowest BCUT2D eigenvalue weighted by Gasteiger charge is -2.42. The Kier molecular flexibility index (Phi) is 4.83. The van der Waals surface area contributed by atoms with E-state index in [1.54, 1.807) is 0 Å². The summed E-state index contributed by atoms with van der Waals surface area (Å²) in [5.41, 5.74) is 0. The number of hydrogen-bond donors (Lipinski definition) is 3.